The van der Waals surface area contributed by atoms with Crippen molar-refractivity contribution in [3.05, 3.63) is 41.3 Å². The molecule has 2 aromatic rings. The average Bonchev–Trinajstić information content (AvgIpc) is 2.76. The van der Waals surface area contributed by atoms with Gasteiger partial charge in [-0.1, -0.05) is 13.8 Å². The quantitative estimate of drug-likeness (QED) is 0.898. The molecule has 0 bridgehead atoms. The van der Waals surface area contributed by atoms with Crippen LogP contribution in [0.15, 0.2) is 24.4 Å². The average molecular weight is 244 g/mol. The van der Waals surface area contributed by atoms with Gasteiger partial charge < -0.3 is 5.32 Å². The molecule has 18 heavy (non-hydrogen) atoms. The van der Waals surface area contributed by atoms with Crippen LogP contribution in [0.4, 0.5) is 0 Å². The van der Waals surface area contributed by atoms with Crippen LogP contribution >= 0.6 is 0 Å². The Morgan fingerprint density at radius 3 is 2.67 bits per heavy atom. The van der Waals surface area contributed by atoms with E-state index in [4.69, 9.17) is 0 Å². The lowest BCUT2D eigenvalue weighted by molar-refractivity contribution is 0.758. The highest BCUT2D eigenvalue weighted by atomic mass is 15.3. The van der Waals surface area contributed by atoms with E-state index in [2.05, 4.69) is 41.4 Å². The largest absolute Gasteiger partial charge is 0.316 e. The van der Waals surface area contributed by atoms with E-state index in [1.807, 2.05) is 30.9 Å². The predicted molar refractivity (Wildman–Crippen MR) is 72.9 cm³/mol. The molecule has 2 aromatic heterocycles. The Morgan fingerprint density at radius 2 is 2.11 bits per heavy atom. The lowest BCUT2D eigenvalue weighted by atomic mass is 10.1. The van der Waals surface area contributed by atoms with E-state index < -0.39 is 0 Å². The van der Waals surface area contributed by atoms with Gasteiger partial charge in [0.15, 0.2) is 5.82 Å². The molecule has 0 aliphatic carbocycles. The fourth-order valence-corrected chi connectivity index (χ4v) is 1.86. The number of aryl methyl sites for hydroxylation is 1. The van der Waals surface area contributed by atoms with Crippen LogP contribution in [0.3, 0.4) is 0 Å². The summed E-state index contributed by atoms with van der Waals surface area (Å²) in [6, 6.07) is 6.22. The first-order valence-electron chi connectivity index (χ1n) is 6.28. The third kappa shape index (κ3) is 2.76. The standard InChI is InChI=1S/C14H20N4/c1-10(2)13-7-12(9-15-4)8-14(16-13)18-6-5-11(3)17-18/h5-8,10,15H,9H2,1-4H3. The van der Waals surface area contributed by atoms with Gasteiger partial charge in [0.1, 0.15) is 0 Å². The zero-order chi connectivity index (χ0) is 13.1. The maximum atomic E-state index is 4.67. The van der Waals surface area contributed by atoms with Gasteiger partial charge in [-0.15, -0.1) is 0 Å². The van der Waals surface area contributed by atoms with Crippen LogP contribution in [-0.2, 0) is 6.54 Å². The summed E-state index contributed by atoms with van der Waals surface area (Å²) in [4.78, 5) is 4.67. The van der Waals surface area contributed by atoms with Crippen molar-refractivity contribution in [1.29, 1.82) is 0 Å². The minimum Gasteiger partial charge on any atom is -0.316 e. The first-order valence-corrected chi connectivity index (χ1v) is 6.28. The Balaban J connectivity index is 2.45. The normalized spacial score (nSPS) is 11.2. The number of rotatable bonds is 4. The summed E-state index contributed by atoms with van der Waals surface area (Å²) in [5.74, 6) is 1.30. The van der Waals surface area contributed by atoms with Crippen LogP contribution in [0.5, 0.6) is 0 Å². The summed E-state index contributed by atoms with van der Waals surface area (Å²) in [7, 11) is 1.95. The van der Waals surface area contributed by atoms with Crippen molar-refractivity contribution in [3.63, 3.8) is 0 Å². The van der Waals surface area contributed by atoms with E-state index >= 15 is 0 Å². The molecule has 0 saturated carbocycles. The SMILES string of the molecule is CNCc1cc(C(C)C)nc(-n2ccc(C)n2)c1. The highest BCUT2D eigenvalue weighted by Crippen LogP contribution is 2.17. The van der Waals surface area contributed by atoms with Crippen molar-refractivity contribution in [1.82, 2.24) is 20.1 Å². The number of nitrogens with one attached hydrogen (secondary N) is 1. The molecule has 0 aliphatic rings. The van der Waals surface area contributed by atoms with Gasteiger partial charge in [-0.3, -0.25) is 0 Å². The van der Waals surface area contributed by atoms with Gasteiger partial charge in [0.2, 0.25) is 0 Å². The van der Waals surface area contributed by atoms with Gasteiger partial charge in [-0.2, -0.15) is 5.10 Å². The molecule has 96 valence electrons. The van der Waals surface area contributed by atoms with E-state index in [0.717, 1.165) is 23.8 Å². The van der Waals surface area contributed by atoms with Crippen molar-refractivity contribution in [2.45, 2.75) is 33.2 Å². The van der Waals surface area contributed by atoms with Crippen LogP contribution in [0.2, 0.25) is 0 Å². The van der Waals surface area contributed by atoms with Crippen molar-refractivity contribution in [2.75, 3.05) is 7.05 Å². The molecule has 0 radical (unpaired) electrons. The molecule has 0 aromatic carbocycles. The summed E-state index contributed by atoms with van der Waals surface area (Å²) in [5, 5.41) is 7.59. The molecule has 2 rings (SSSR count). The maximum absolute atomic E-state index is 4.67. The second-order valence-electron chi connectivity index (χ2n) is 4.85. The van der Waals surface area contributed by atoms with Crippen LogP contribution in [-0.4, -0.2) is 21.8 Å². The van der Waals surface area contributed by atoms with Crippen molar-refractivity contribution < 1.29 is 0 Å². The van der Waals surface area contributed by atoms with E-state index in [9.17, 15) is 0 Å². The Bertz CT molecular complexity index is 528. The molecule has 2 heterocycles. The van der Waals surface area contributed by atoms with Crippen LogP contribution < -0.4 is 5.32 Å². The minimum atomic E-state index is 0.414. The highest BCUT2D eigenvalue weighted by molar-refractivity contribution is 5.31. The molecule has 0 atom stereocenters. The van der Waals surface area contributed by atoms with Crippen molar-refractivity contribution in [2.24, 2.45) is 0 Å². The highest BCUT2D eigenvalue weighted by Gasteiger charge is 2.08. The van der Waals surface area contributed by atoms with Gasteiger partial charge in [-0.25, -0.2) is 9.67 Å². The van der Waals surface area contributed by atoms with Gasteiger partial charge in [0.25, 0.3) is 0 Å². The smallest absolute Gasteiger partial charge is 0.153 e. The molecule has 0 fully saturated rings. The Hall–Kier alpha value is -1.68. The second-order valence-corrected chi connectivity index (χ2v) is 4.85. The molecular weight excluding hydrogens is 224 g/mol. The molecule has 4 nitrogen and oxygen atoms in total. The topological polar surface area (TPSA) is 42.7 Å². The number of pyridine rings is 1. The van der Waals surface area contributed by atoms with Gasteiger partial charge in [0.05, 0.1) is 5.69 Å². The molecule has 0 saturated heterocycles. The zero-order valence-electron chi connectivity index (χ0n) is 11.4. The van der Waals surface area contributed by atoms with E-state index in [0.29, 0.717) is 5.92 Å². The lowest BCUT2D eigenvalue weighted by Gasteiger charge is -2.11. The third-order valence-electron chi connectivity index (χ3n) is 2.82. The maximum Gasteiger partial charge on any atom is 0.153 e. The number of hydrogen-bond acceptors (Lipinski definition) is 3. The summed E-state index contributed by atoms with van der Waals surface area (Å²) in [5.41, 5.74) is 3.34. The Morgan fingerprint density at radius 1 is 1.33 bits per heavy atom. The summed E-state index contributed by atoms with van der Waals surface area (Å²) < 4.78 is 1.83. The molecule has 1 N–H and O–H groups in total. The molecular formula is C14H20N4. The van der Waals surface area contributed by atoms with Gasteiger partial charge in [-0.05, 0) is 43.7 Å². The number of hydrogen-bond donors (Lipinski definition) is 1. The molecule has 0 unspecified atom stereocenters. The van der Waals surface area contributed by atoms with Crippen molar-refractivity contribution >= 4 is 0 Å². The fourth-order valence-electron chi connectivity index (χ4n) is 1.86. The Kier molecular flexibility index (Phi) is 3.77. The van der Waals surface area contributed by atoms with E-state index in [-0.39, 0.29) is 0 Å². The minimum absolute atomic E-state index is 0.414. The lowest BCUT2D eigenvalue weighted by Crippen LogP contribution is -2.09. The summed E-state index contributed by atoms with van der Waals surface area (Å²) in [6.45, 7) is 7.14. The molecule has 0 spiro atoms. The summed E-state index contributed by atoms with van der Waals surface area (Å²) in [6.07, 6.45) is 1.95. The van der Waals surface area contributed by atoms with Crippen LogP contribution in [0.25, 0.3) is 5.82 Å². The molecule has 0 aliphatic heterocycles. The molecule has 4 heteroatoms. The van der Waals surface area contributed by atoms with Gasteiger partial charge >= 0.3 is 0 Å². The monoisotopic (exact) mass is 244 g/mol. The number of aromatic nitrogens is 3. The van der Waals surface area contributed by atoms with E-state index in [1.54, 1.807) is 0 Å². The first-order chi connectivity index (χ1) is 8.60. The molecule has 0 amide bonds. The van der Waals surface area contributed by atoms with Crippen LogP contribution in [0.1, 0.15) is 36.7 Å². The third-order valence-corrected chi connectivity index (χ3v) is 2.82. The van der Waals surface area contributed by atoms with Crippen molar-refractivity contribution in [3.8, 4) is 5.82 Å². The number of nitrogens with zero attached hydrogens (tertiary/aromatic N) is 3. The van der Waals surface area contributed by atoms with E-state index in [1.165, 1.54) is 5.56 Å². The Labute approximate surface area is 108 Å². The zero-order valence-corrected chi connectivity index (χ0v) is 11.4. The fraction of sp³-hybridized carbons (Fsp3) is 0.429. The second kappa shape index (κ2) is 5.31. The first kappa shape index (κ1) is 12.8. The summed E-state index contributed by atoms with van der Waals surface area (Å²) >= 11 is 0. The van der Waals surface area contributed by atoms with Crippen LogP contribution in [0, 0.1) is 6.92 Å². The predicted octanol–water partition coefficient (Wildman–Crippen LogP) is 2.42. The van der Waals surface area contributed by atoms with Gasteiger partial charge in [0, 0.05) is 18.4 Å².